The summed E-state index contributed by atoms with van der Waals surface area (Å²) in [7, 11) is 0. The molecule has 0 spiro atoms. The average Bonchev–Trinajstić information content (AvgIpc) is 2.43. The van der Waals surface area contributed by atoms with E-state index in [2.05, 4.69) is 10.3 Å². The van der Waals surface area contributed by atoms with Crippen LogP contribution >= 0.6 is 0 Å². The lowest BCUT2D eigenvalue weighted by Gasteiger charge is -2.20. The van der Waals surface area contributed by atoms with E-state index < -0.39 is 0 Å². The van der Waals surface area contributed by atoms with Crippen molar-refractivity contribution in [1.82, 2.24) is 15.2 Å². The van der Waals surface area contributed by atoms with Gasteiger partial charge in [-0.25, -0.2) is 0 Å². The van der Waals surface area contributed by atoms with E-state index >= 15 is 0 Å². The van der Waals surface area contributed by atoms with Crippen LogP contribution in [0, 0.1) is 0 Å². The topological polar surface area (TPSA) is 62.3 Å². The third kappa shape index (κ3) is 5.50. The molecular formula is C14H21N3O2. The Morgan fingerprint density at radius 1 is 1.37 bits per heavy atom. The largest absolute Gasteiger partial charge is 0.355 e. The molecule has 0 fully saturated rings. The van der Waals surface area contributed by atoms with Gasteiger partial charge in [-0.05, 0) is 31.9 Å². The maximum absolute atomic E-state index is 12.0. The van der Waals surface area contributed by atoms with Crippen molar-refractivity contribution in [3.63, 3.8) is 0 Å². The molecule has 0 aromatic carbocycles. The first-order valence-corrected chi connectivity index (χ1v) is 6.60. The van der Waals surface area contributed by atoms with Crippen LogP contribution in [0.5, 0.6) is 0 Å². The van der Waals surface area contributed by atoms with E-state index in [1.54, 1.807) is 17.3 Å². The first kappa shape index (κ1) is 15.1. The standard InChI is InChI=1S/C14H21N3O2/c1-3-16-13(18)11-17(4-2)14(19)8-7-12-6-5-9-15-10-12/h5-6,9-10H,3-4,7-8,11H2,1-2H3,(H,16,18). The molecule has 1 aromatic heterocycles. The minimum absolute atomic E-state index is 0.00222. The van der Waals surface area contributed by atoms with Crippen LogP contribution in [0.3, 0.4) is 0 Å². The minimum Gasteiger partial charge on any atom is -0.355 e. The molecule has 0 radical (unpaired) electrons. The van der Waals surface area contributed by atoms with Crippen LogP contribution in [0.2, 0.25) is 0 Å². The summed E-state index contributed by atoms with van der Waals surface area (Å²) in [6.07, 6.45) is 4.52. The highest BCUT2D eigenvalue weighted by Gasteiger charge is 2.14. The van der Waals surface area contributed by atoms with Crippen molar-refractivity contribution >= 4 is 11.8 Å². The summed E-state index contributed by atoms with van der Waals surface area (Å²) in [5.41, 5.74) is 1.03. The van der Waals surface area contributed by atoms with Crippen LogP contribution in [0.15, 0.2) is 24.5 Å². The Kier molecular flexibility index (Phi) is 6.57. The molecule has 2 amide bonds. The highest BCUT2D eigenvalue weighted by atomic mass is 16.2. The highest BCUT2D eigenvalue weighted by molar-refractivity contribution is 5.84. The molecule has 1 rings (SSSR count). The van der Waals surface area contributed by atoms with Crippen LogP contribution < -0.4 is 5.32 Å². The van der Waals surface area contributed by atoms with Crippen LogP contribution in [-0.2, 0) is 16.0 Å². The number of carbonyl (C=O) groups excluding carboxylic acids is 2. The number of hydrogen-bond acceptors (Lipinski definition) is 3. The second kappa shape index (κ2) is 8.24. The van der Waals surface area contributed by atoms with E-state index in [0.29, 0.717) is 25.9 Å². The summed E-state index contributed by atoms with van der Waals surface area (Å²) < 4.78 is 0. The van der Waals surface area contributed by atoms with Gasteiger partial charge in [-0.15, -0.1) is 0 Å². The van der Waals surface area contributed by atoms with Crippen LogP contribution in [0.25, 0.3) is 0 Å². The molecule has 1 aromatic rings. The van der Waals surface area contributed by atoms with Crippen molar-refractivity contribution in [2.45, 2.75) is 26.7 Å². The van der Waals surface area contributed by atoms with Gasteiger partial charge in [-0.2, -0.15) is 0 Å². The summed E-state index contributed by atoms with van der Waals surface area (Å²) in [5.74, 6) is -0.114. The average molecular weight is 263 g/mol. The number of aromatic nitrogens is 1. The Labute approximate surface area is 114 Å². The van der Waals surface area contributed by atoms with Crippen molar-refractivity contribution in [2.24, 2.45) is 0 Å². The van der Waals surface area contributed by atoms with E-state index in [1.807, 2.05) is 26.0 Å². The van der Waals surface area contributed by atoms with Gasteiger partial charge in [0.05, 0.1) is 6.54 Å². The zero-order valence-corrected chi connectivity index (χ0v) is 11.6. The van der Waals surface area contributed by atoms with Gasteiger partial charge < -0.3 is 10.2 Å². The minimum atomic E-state index is -0.112. The molecule has 0 unspecified atom stereocenters. The molecule has 0 saturated carbocycles. The molecule has 5 heteroatoms. The van der Waals surface area contributed by atoms with E-state index in [0.717, 1.165) is 5.56 Å². The van der Waals surface area contributed by atoms with Gasteiger partial charge >= 0.3 is 0 Å². The Hall–Kier alpha value is -1.91. The Balaban J connectivity index is 2.43. The van der Waals surface area contributed by atoms with Gasteiger partial charge in [0.25, 0.3) is 0 Å². The maximum Gasteiger partial charge on any atom is 0.239 e. The number of carbonyl (C=O) groups is 2. The summed E-state index contributed by atoms with van der Waals surface area (Å²) >= 11 is 0. The lowest BCUT2D eigenvalue weighted by Crippen LogP contribution is -2.40. The van der Waals surface area contributed by atoms with Crippen LogP contribution in [0.1, 0.15) is 25.8 Å². The molecular weight excluding hydrogens is 242 g/mol. The number of nitrogens with zero attached hydrogens (tertiary/aromatic N) is 2. The van der Waals surface area contributed by atoms with Crippen LogP contribution in [-0.4, -0.2) is 41.3 Å². The summed E-state index contributed by atoms with van der Waals surface area (Å²) in [6, 6.07) is 3.80. The predicted octanol–water partition coefficient (Wildman–Crippen LogP) is 0.999. The molecule has 0 aliphatic rings. The fourth-order valence-electron chi connectivity index (χ4n) is 1.76. The number of aryl methyl sites for hydroxylation is 1. The highest BCUT2D eigenvalue weighted by Crippen LogP contribution is 2.03. The van der Waals surface area contributed by atoms with Crippen LogP contribution in [0.4, 0.5) is 0 Å². The molecule has 0 bridgehead atoms. The van der Waals surface area contributed by atoms with Gasteiger partial charge in [-0.1, -0.05) is 6.07 Å². The van der Waals surface area contributed by atoms with Gasteiger partial charge in [0.2, 0.25) is 11.8 Å². The normalized spacial score (nSPS) is 10.0. The van der Waals surface area contributed by atoms with Crippen molar-refractivity contribution in [2.75, 3.05) is 19.6 Å². The molecule has 5 nitrogen and oxygen atoms in total. The lowest BCUT2D eigenvalue weighted by molar-refractivity contribution is -0.135. The number of pyridine rings is 1. The zero-order chi connectivity index (χ0) is 14.1. The number of hydrogen-bond donors (Lipinski definition) is 1. The SMILES string of the molecule is CCNC(=O)CN(CC)C(=O)CCc1cccnc1. The first-order chi connectivity index (χ1) is 9.17. The van der Waals surface area contributed by atoms with Crippen molar-refractivity contribution in [3.8, 4) is 0 Å². The maximum atomic E-state index is 12.0. The number of nitrogens with one attached hydrogen (secondary N) is 1. The molecule has 0 aliphatic heterocycles. The molecule has 0 aliphatic carbocycles. The van der Waals surface area contributed by atoms with E-state index in [4.69, 9.17) is 0 Å². The third-order valence-electron chi connectivity index (χ3n) is 2.79. The quantitative estimate of drug-likeness (QED) is 0.798. The Bertz CT molecular complexity index is 406. The second-order valence-electron chi connectivity index (χ2n) is 4.22. The third-order valence-corrected chi connectivity index (χ3v) is 2.79. The smallest absolute Gasteiger partial charge is 0.239 e. The van der Waals surface area contributed by atoms with Gasteiger partial charge in [0.15, 0.2) is 0 Å². The van der Waals surface area contributed by atoms with E-state index in [9.17, 15) is 9.59 Å². The second-order valence-corrected chi connectivity index (χ2v) is 4.22. The molecule has 19 heavy (non-hydrogen) atoms. The summed E-state index contributed by atoms with van der Waals surface area (Å²) in [4.78, 5) is 29.1. The molecule has 1 N–H and O–H groups in total. The van der Waals surface area contributed by atoms with Crippen molar-refractivity contribution in [3.05, 3.63) is 30.1 Å². The number of amides is 2. The molecule has 1 heterocycles. The van der Waals surface area contributed by atoms with E-state index in [-0.39, 0.29) is 18.4 Å². The van der Waals surface area contributed by atoms with Crippen molar-refractivity contribution in [1.29, 1.82) is 0 Å². The first-order valence-electron chi connectivity index (χ1n) is 6.60. The van der Waals surface area contributed by atoms with Crippen molar-refractivity contribution < 1.29 is 9.59 Å². The predicted molar refractivity (Wildman–Crippen MR) is 73.5 cm³/mol. The molecule has 0 atom stereocenters. The fourth-order valence-corrected chi connectivity index (χ4v) is 1.76. The fraction of sp³-hybridized carbons (Fsp3) is 0.500. The van der Waals surface area contributed by atoms with E-state index in [1.165, 1.54) is 0 Å². The Morgan fingerprint density at radius 2 is 2.16 bits per heavy atom. The van der Waals surface area contributed by atoms with Gasteiger partial charge in [-0.3, -0.25) is 14.6 Å². The summed E-state index contributed by atoms with van der Waals surface area (Å²) in [6.45, 7) is 5.00. The number of rotatable bonds is 7. The zero-order valence-electron chi connectivity index (χ0n) is 11.6. The Morgan fingerprint density at radius 3 is 2.74 bits per heavy atom. The monoisotopic (exact) mass is 263 g/mol. The lowest BCUT2D eigenvalue weighted by atomic mass is 10.1. The molecule has 104 valence electrons. The van der Waals surface area contributed by atoms with Gasteiger partial charge in [0, 0.05) is 31.9 Å². The summed E-state index contributed by atoms with van der Waals surface area (Å²) in [5, 5.41) is 2.70. The molecule has 0 saturated heterocycles. The number of likely N-dealkylation sites (N-methyl/N-ethyl adjacent to an activating group) is 2. The van der Waals surface area contributed by atoms with Gasteiger partial charge in [0.1, 0.15) is 0 Å².